The van der Waals surface area contributed by atoms with Gasteiger partial charge in [0, 0.05) is 18.3 Å². The highest BCUT2D eigenvalue weighted by Gasteiger charge is 2.10. The van der Waals surface area contributed by atoms with E-state index in [1.54, 1.807) is 0 Å². The maximum Gasteiger partial charge on any atom is 0.0897 e. The van der Waals surface area contributed by atoms with Crippen molar-refractivity contribution in [1.82, 2.24) is 5.32 Å². The molecule has 0 aromatic carbocycles. The molecule has 18 heavy (non-hydrogen) atoms. The lowest BCUT2D eigenvalue weighted by Crippen LogP contribution is -2.37. The molecule has 3 nitrogen and oxygen atoms in total. The van der Waals surface area contributed by atoms with E-state index < -0.39 is 6.10 Å². The van der Waals surface area contributed by atoms with Crippen LogP contribution in [-0.4, -0.2) is 48.0 Å². The van der Waals surface area contributed by atoms with Crippen LogP contribution in [0, 0.1) is 5.92 Å². The zero-order valence-electron chi connectivity index (χ0n) is 12.6. The summed E-state index contributed by atoms with van der Waals surface area (Å²) in [5, 5.41) is 13.1. The molecule has 0 rings (SSSR count). The summed E-state index contributed by atoms with van der Waals surface area (Å²) in [7, 11) is 0. The van der Waals surface area contributed by atoms with E-state index in [0.717, 1.165) is 17.9 Å². The Morgan fingerprint density at radius 3 is 2.44 bits per heavy atom. The van der Waals surface area contributed by atoms with E-state index in [-0.39, 0.29) is 6.10 Å². The SMILES string of the molecule is CCSCC(C)NCC(O)COC(C)CC(C)C. The van der Waals surface area contributed by atoms with Gasteiger partial charge in [-0.2, -0.15) is 11.8 Å². The molecule has 110 valence electrons. The number of ether oxygens (including phenoxy) is 1. The van der Waals surface area contributed by atoms with Gasteiger partial charge in [-0.3, -0.25) is 0 Å². The number of rotatable bonds is 11. The average molecular weight is 277 g/mol. The lowest BCUT2D eigenvalue weighted by Gasteiger charge is -2.20. The standard InChI is InChI=1S/C14H31NO2S/c1-6-18-10-12(4)15-8-14(16)9-17-13(5)7-11(2)3/h11-16H,6-10H2,1-5H3. The highest BCUT2D eigenvalue weighted by atomic mass is 32.2. The predicted molar refractivity (Wildman–Crippen MR) is 81.3 cm³/mol. The fourth-order valence-corrected chi connectivity index (χ4v) is 2.46. The Morgan fingerprint density at radius 2 is 1.89 bits per heavy atom. The number of hydrogen-bond acceptors (Lipinski definition) is 4. The van der Waals surface area contributed by atoms with Crippen molar-refractivity contribution in [2.75, 3.05) is 24.7 Å². The van der Waals surface area contributed by atoms with Crippen molar-refractivity contribution in [2.45, 2.75) is 59.3 Å². The summed E-state index contributed by atoms with van der Waals surface area (Å²) in [5.74, 6) is 2.87. The largest absolute Gasteiger partial charge is 0.389 e. The molecule has 0 radical (unpaired) electrons. The topological polar surface area (TPSA) is 41.5 Å². The van der Waals surface area contributed by atoms with Crippen LogP contribution in [0.25, 0.3) is 0 Å². The zero-order chi connectivity index (χ0) is 14.0. The summed E-state index contributed by atoms with van der Waals surface area (Å²) in [6, 6.07) is 0.442. The van der Waals surface area contributed by atoms with Crippen molar-refractivity contribution in [3.63, 3.8) is 0 Å². The second-order valence-corrected chi connectivity index (χ2v) is 6.72. The third-order valence-electron chi connectivity index (χ3n) is 2.65. The number of nitrogens with one attached hydrogen (secondary N) is 1. The second-order valence-electron chi connectivity index (χ2n) is 5.40. The summed E-state index contributed by atoms with van der Waals surface area (Å²) in [5.41, 5.74) is 0. The van der Waals surface area contributed by atoms with Crippen LogP contribution < -0.4 is 5.32 Å². The summed E-state index contributed by atoms with van der Waals surface area (Å²) < 4.78 is 5.63. The van der Waals surface area contributed by atoms with Gasteiger partial charge in [0.05, 0.1) is 18.8 Å². The van der Waals surface area contributed by atoms with Crippen molar-refractivity contribution >= 4 is 11.8 Å². The van der Waals surface area contributed by atoms with Crippen LogP contribution in [0.3, 0.4) is 0 Å². The van der Waals surface area contributed by atoms with Crippen LogP contribution in [0.5, 0.6) is 0 Å². The Morgan fingerprint density at radius 1 is 1.22 bits per heavy atom. The van der Waals surface area contributed by atoms with Crippen LogP contribution in [0.1, 0.15) is 41.0 Å². The molecule has 3 unspecified atom stereocenters. The first-order valence-electron chi connectivity index (χ1n) is 7.06. The summed E-state index contributed by atoms with van der Waals surface area (Å²) in [4.78, 5) is 0. The summed E-state index contributed by atoms with van der Waals surface area (Å²) in [6.45, 7) is 11.8. The number of aliphatic hydroxyl groups excluding tert-OH is 1. The Hall–Kier alpha value is 0.230. The normalized spacial score (nSPS) is 16.8. The molecule has 4 heteroatoms. The lowest BCUT2D eigenvalue weighted by molar-refractivity contribution is -0.00894. The number of thioether (sulfide) groups is 1. The van der Waals surface area contributed by atoms with E-state index in [1.807, 2.05) is 11.8 Å². The van der Waals surface area contributed by atoms with E-state index >= 15 is 0 Å². The molecular weight excluding hydrogens is 246 g/mol. The summed E-state index contributed by atoms with van der Waals surface area (Å²) in [6.07, 6.45) is 0.866. The molecule has 0 spiro atoms. The lowest BCUT2D eigenvalue weighted by atomic mass is 10.1. The van der Waals surface area contributed by atoms with Crippen molar-refractivity contribution in [3.05, 3.63) is 0 Å². The Balaban J connectivity index is 3.55. The molecule has 0 saturated heterocycles. The maximum atomic E-state index is 9.81. The first-order chi connectivity index (χ1) is 8.45. The van der Waals surface area contributed by atoms with Crippen LogP contribution in [0.4, 0.5) is 0 Å². The molecule has 0 heterocycles. The second kappa shape index (κ2) is 11.1. The molecular formula is C14H31NO2S. The monoisotopic (exact) mass is 277 g/mol. The van der Waals surface area contributed by atoms with E-state index in [0.29, 0.717) is 25.1 Å². The van der Waals surface area contributed by atoms with Crippen molar-refractivity contribution < 1.29 is 9.84 Å². The van der Waals surface area contributed by atoms with Crippen molar-refractivity contribution in [2.24, 2.45) is 5.92 Å². The molecule has 2 N–H and O–H groups in total. The van der Waals surface area contributed by atoms with E-state index in [1.165, 1.54) is 0 Å². The minimum atomic E-state index is -0.409. The van der Waals surface area contributed by atoms with Gasteiger partial charge in [0.15, 0.2) is 0 Å². The molecule has 0 fully saturated rings. The maximum absolute atomic E-state index is 9.81. The van der Waals surface area contributed by atoms with Gasteiger partial charge in [-0.1, -0.05) is 20.8 Å². The van der Waals surface area contributed by atoms with Gasteiger partial charge >= 0.3 is 0 Å². The molecule has 0 amide bonds. The van der Waals surface area contributed by atoms with Crippen molar-refractivity contribution in [3.8, 4) is 0 Å². The smallest absolute Gasteiger partial charge is 0.0897 e. The molecule has 0 aromatic rings. The third-order valence-corrected chi connectivity index (χ3v) is 3.79. The van der Waals surface area contributed by atoms with Gasteiger partial charge in [0.2, 0.25) is 0 Å². The van der Waals surface area contributed by atoms with Crippen LogP contribution >= 0.6 is 11.8 Å². The molecule has 0 saturated carbocycles. The molecule has 3 atom stereocenters. The molecule has 0 aliphatic heterocycles. The van der Waals surface area contributed by atoms with Gasteiger partial charge in [0.25, 0.3) is 0 Å². The fraction of sp³-hybridized carbons (Fsp3) is 1.00. The van der Waals surface area contributed by atoms with Gasteiger partial charge in [-0.15, -0.1) is 0 Å². The van der Waals surface area contributed by atoms with Gasteiger partial charge in [-0.25, -0.2) is 0 Å². The number of aliphatic hydroxyl groups is 1. The van der Waals surface area contributed by atoms with Crippen LogP contribution in [-0.2, 0) is 4.74 Å². The summed E-state index contributed by atoms with van der Waals surface area (Å²) >= 11 is 1.92. The molecule has 0 bridgehead atoms. The van der Waals surface area contributed by atoms with Crippen LogP contribution in [0.2, 0.25) is 0 Å². The first-order valence-corrected chi connectivity index (χ1v) is 8.21. The average Bonchev–Trinajstić information content (AvgIpc) is 2.30. The molecule has 0 aliphatic carbocycles. The third kappa shape index (κ3) is 11.3. The number of hydrogen-bond donors (Lipinski definition) is 2. The zero-order valence-corrected chi connectivity index (χ0v) is 13.4. The van der Waals surface area contributed by atoms with Crippen molar-refractivity contribution in [1.29, 1.82) is 0 Å². The van der Waals surface area contributed by atoms with E-state index in [2.05, 4.69) is 39.9 Å². The highest BCUT2D eigenvalue weighted by Crippen LogP contribution is 2.07. The molecule has 0 aliphatic rings. The highest BCUT2D eigenvalue weighted by molar-refractivity contribution is 7.99. The minimum Gasteiger partial charge on any atom is -0.389 e. The molecule has 0 aromatic heterocycles. The van der Waals surface area contributed by atoms with E-state index in [9.17, 15) is 5.11 Å². The minimum absolute atomic E-state index is 0.229. The Kier molecular flexibility index (Phi) is 11.2. The van der Waals surface area contributed by atoms with Crippen LogP contribution in [0.15, 0.2) is 0 Å². The first kappa shape index (κ1) is 18.2. The Labute approximate surface area is 117 Å². The van der Waals surface area contributed by atoms with E-state index in [4.69, 9.17) is 4.74 Å². The quantitative estimate of drug-likeness (QED) is 0.609. The predicted octanol–water partition coefficient (Wildman–Crippen LogP) is 2.53. The fourth-order valence-electron chi connectivity index (χ4n) is 1.76. The van der Waals surface area contributed by atoms with Gasteiger partial charge < -0.3 is 15.2 Å². The van der Waals surface area contributed by atoms with Gasteiger partial charge in [0.1, 0.15) is 0 Å². The Bertz CT molecular complexity index is 191. The van der Waals surface area contributed by atoms with Gasteiger partial charge in [-0.05, 0) is 31.9 Å².